The fourth-order valence-electron chi connectivity index (χ4n) is 3.92. The van der Waals surface area contributed by atoms with Gasteiger partial charge in [-0.15, -0.1) is 5.10 Å². The van der Waals surface area contributed by atoms with E-state index in [1.54, 1.807) is 10.9 Å². The Morgan fingerprint density at radius 3 is 2.42 bits per heavy atom. The third-order valence-corrected chi connectivity index (χ3v) is 5.71. The number of hydrogen-bond acceptors (Lipinski definition) is 3. The van der Waals surface area contributed by atoms with Crippen LogP contribution in [0.25, 0.3) is 0 Å². The summed E-state index contributed by atoms with van der Waals surface area (Å²) in [5.41, 5.74) is 3.10. The van der Waals surface area contributed by atoms with Crippen molar-refractivity contribution in [2.24, 2.45) is 0 Å². The number of nitrogens with zero attached hydrogens (tertiary/aromatic N) is 4. The van der Waals surface area contributed by atoms with Crippen molar-refractivity contribution in [2.75, 3.05) is 0 Å². The first kappa shape index (κ1) is 17.3. The molecule has 0 spiro atoms. The molecule has 5 nitrogen and oxygen atoms in total. The predicted molar refractivity (Wildman–Crippen MR) is 101 cm³/mol. The summed E-state index contributed by atoms with van der Waals surface area (Å²) in [6.07, 6.45) is 6.14. The topological polar surface area (TPSA) is 51.0 Å². The van der Waals surface area contributed by atoms with Gasteiger partial charge in [0.25, 0.3) is 5.91 Å². The van der Waals surface area contributed by atoms with Gasteiger partial charge in [0.2, 0.25) is 0 Å². The normalized spacial score (nSPS) is 22.8. The first-order valence-electron chi connectivity index (χ1n) is 9.65. The summed E-state index contributed by atoms with van der Waals surface area (Å²) in [6, 6.07) is 9.34. The monoisotopic (exact) mass is 352 g/mol. The third-order valence-electron chi connectivity index (χ3n) is 5.71. The molecule has 0 radical (unpaired) electrons. The van der Waals surface area contributed by atoms with Crippen LogP contribution in [-0.2, 0) is 5.54 Å². The summed E-state index contributed by atoms with van der Waals surface area (Å²) >= 11 is 0. The molecule has 0 N–H and O–H groups in total. The number of aromatic nitrogens is 3. The summed E-state index contributed by atoms with van der Waals surface area (Å²) < 4.78 is 1.78. The first-order valence-corrected chi connectivity index (χ1v) is 9.65. The molecule has 1 heterocycles. The van der Waals surface area contributed by atoms with E-state index in [-0.39, 0.29) is 11.4 Å². The van der Waals surface area contributed by atoms with Gasteiger partial charge in [0, 0.05) is 12.1 Å². The second-order valence-electron chi connectivity index (χ2n) is 8.84. The molecular formula is C21H28N4O. The minimum absolute atomic E-state index is 0.0521. The lowest BCUT2D eigenvalue weighted by molar-refractivity contribution is 0.0510. The van der Waals surface area contributed by atoms with Crippen LogP contribution in [0.3, 0.4) is 0 Å². The smallest absolute Gasteiger partial charge is 0.276 e. The third kappa shape index (κ3) is 3.15. The summed E-state index contributed by atoms with van der Waals surface area (Å²) in [4.78, 5) is 15.2. The predicted octanol–water partition coefficient (Wildman–Crippen LogP) is 3.89. The maximum Gasteiger partial charge on any atom is 0.276 e. The molecule has 0 atom stereocenters. The standard InChI is InChI=1S/C21H28N4O/c1-14-7-5-6-8-18(14)15-11-17(12-15)25(16-9-10-16)20(26)19-13-24(23-22-19)21(2,3)4/h5-8,13,15-17H,9-12H2,1-4H3. The van der Waals surface area contributed by atoms with Gasteiger partial charge in [-0.05, 0) is 70.4 Å². The Balaban J connectivity index is 1.48. The van der Waals surface area contributed by atoms with Gasteiger partial charge in [-0.25, -0.2) is 4.68 Å². The molecule has 2 fully saturated rings. The molecule has 2 saturated carbocycles. The van der Waals surface area contributed by atoms with Gasteiger partial charge in [0.1, 0.15) is 0 Å². The highest BCUT2D eigenvalue weighted by Gasteiger charge is 2.44. The van der Waals surface area contributed by atoms with Crippen molar-refractivity contribution in [1.82, 2.24) is 19.9 Å². The zero-order valence-electron chi connectivity index (χ0n) is 16.1. The number of carbonyl (C=O) groups is 1. The lowest BCUT2D eigenvalue weighted by Gasteiger charge is -2.43. The fraction of sp³-hybridized carbons (Fsp3) is 0.571. The Bertz CT molecular complexity index is 809. The van der Waals surface area contributed by atoms with Crippen LogP contribution >= 0.6 is 0 Å². The molecule has 138 valence electrons. The van der Waals surface area contributed by atoms with E-state index in [0.29, 0.717) is 23.7 Å². The van der Waals surface area contributed by atoms with E-state index in [9.17, 15) is 4.79 Å². The fourth-order valence-corrected chi connectivity index (χ4v) is 3.92. The zero-order valence-corrected chi connectivity index (χ0v) is 16.1. The van der Waals surface area contributed by atoms with E-state index < -0.39 is 0 Å². The zero-order chi connectivity index (χ0) is 18.5. The number of carbonyl (C=O) groups excluding carboxylic acids is 1. The van der Waals surface area contributed by atoms with Crippen LogP contribution in [-0.4, -0.2) is 37.9 Å². The van der Waals surface area contributed by atoms with Gasteiger partial charge in [-0.1, -0.05) is 29.5 Å². The number of hydrogen-bond donors (Lipinski definition) is 0. The highest BCUT2D eigenvalue weighted by molar-refractivity contribution is 5.92. The van der Waals surface area contributed by atoms with Crippen LogP contribution in [0.2, 0.25) is 0 Å². The average molecular weight is 352 g/mol. The molecule has 2 aromatic rings. The Hall–Kier alpha value is -2.17. The van der Waals surface area contributed by atoms with Crippen LogP contribution in [0.15, 0.2) is 30.5 Å². The van der Waals surface area contributed by atoms with Crippen molar-refractivity contribution in [3.05, 3.63) is 47.3 Å². The summed E-state index contributed by atoms with van der Waals surface area (Å²) in [5.74, 6) is 0.622. The Morgan fingerprint density at radius 1 is 1.15 bits per heavy atom. The number of rotatable bonds is 4. The molecular weight excluding hydrogens is 324 g/mol. The van der Waals surface area contributed by atoms with Crippen LogP contribution < -0.4 is 0 Å². The molecule has 0 bridgehead atoms. The molecule has 5 heteroatoms. The molecule has 2 aliphatic carbocycles. The Morgan fingerprint density at radius 2 is 1.85 bits per heavy atom. The summed E-state index contributed by atoms with van der Waals surface area (Å²) in [6.45, 7) is 8.37. The van der Waals surface area contributed by atoms with E-state index in [4.69, 9.17) is 0 Å². The number of amides is 1. The van der Waals surface area contributed by atoms with Gasteiger partial charge in [-0.3, -0.25) is 4.79 Å². The molecule has 0 aliphatic heterocycles. The molecule has 2 aliphatic rings. The van der Waals surface area contributed by atoms with Gasteiger partial charge in [0.15, 0.2) is 5.69 Å². The highest BCUT2D eigenvalue weighted by Crippen LogP contribution is 2.44. The molecule has 1 aromatic heterocycles. The number of aryl methyl sites for hydroxylation is 1. The lowest BCUT2D eigenvalue weighted by atomic mass is 9.73. The van der Waals surface area contributed by atoms with Gasteiger partial charge < -0.3 is 4.90 Å². The van der Waals surface area contributed by atoms with Gasteiger partial charge in [-0.2, -0.15) is 0 Å². The van der Waals surface area contributed by atoms with E-state index in [1.807, 2.05) is 0 Å². The molecule has 4 rings (SSSR count). The van der Waals surface area contributed by atoms with Crippen LogP contribution in [0.4, 0.5) is 0 Å². The second kappa shape index (κ2) is 6.22. The summed E-state index contributed by atoms with van der Waals surface area (Å²) in [7, 11) is 0. The minimum Gasteiger partial charge on any atom is -0.331 e. The average Bonchev–Trinajstić information content (AvgIpc) is 3.24. The Kier molecular flexibility index (Phi) is 4.13. The van der Waals surface area contributed by atoms with E-state index >= 15 is 0 Å². The quantitative estimate of drug-likeness (QED) is 0.839. The van der Waals surface area contributed by atoms with Crippen molar-refractivity contribution < 1.29 is 4.79 Å². The first-order chi connectivity index (χ1) is 12.3. The molecule has 26 heavy (non-hydrogen) atoms. The van der Waals surface area contributed by atoms with Crippen LogP contribution in [0.5, 0.6) is 0 Å². The Labute approximate surface area is 155 Å². The van der Waals surface area contributed by atoms with E-state index in [2.05, 4.69) is 67.2 Å². The van der Waals surface area contributed by atoms with Gasteiger partial charge in [0.05, 0.1) is 11.7 Å². The van der Waals surface area contributed by atoms with E-state index in [1.165, 1.54) is 11.1 Å². The van der Waals surface area contributed by atoms with E-state index in [0.717, 1.165) is 25.7 Å². The lowest BCUT2D eigenvalue weighted by Crippen LogP contribution is -2.48. The van der Waals surface area contributed by atoms with Crippen LogP contribution in [0, 0.1) is 6.92 Å². The molecule has 1 amide bonds. The van der Waals surface area contributed by atoms with Crippen molar-refractivity contribution in [3.63, 3.8) is 0 Å². The number of benzene rings is 1. The maximum absolute atomic E-state index is 13.1. The van der Waals surface area contributed by atoms with Gasteiger partial charge >= 0.3 is 0 Å². The summed E-state index contributed by atoms with van der Waals surface area (Å²) in [5, 5.41) is 8.33. The largest absolute Gasteiger partial charge is 0.331 e. The van der Waals surface area contributed by atoms with Crippen molar-refractivity contribution in [2.45, 2.75) is 76.9 Å². The van der Waals surface area contributed by atoms with Crippen molar-refractivity contribution in [1.29, 1.82) is 0 Å². The second-order valence-corrected chi connectivity index (χ2v) is 8.84. The van der Waals surface area contributed by atoms with Crippen molar-refractivity contribution in [3.8, 4) is 0 Å². The van der Waals surface area contributed by atoms with Crippen LogP contribution in [0.1, 0.15) is 74.0 Å². The SMILES string of the molecule is Cc1ccccc1C1CC(N(C(=O)c2cn(C(C)(C)C)nn2)C2CC2)C1. The van der Waals surface area contributed by atoms with Crippen molar-refractivity contribution >= 4 is 5.91 Å². The molecule has 0 unspecified atom stereocenters. The molecule has 1 aromatic carbocycles. The minimum atomic E-state index is -0.164. The maximum atomic E-state index is 13.1. The molecule has 0 saturated heterocycles. The highest BCUT2D eigenvalue weighted by atomic mass is 16.2.